The Morgan fingerprint density at radius 2 is 1.92 bits per heavy atom. The molecule has 0 radical (unpaired) electrons. The number of benzene rings is 2. The number of carboxylic acid groups (broad SMARTS) is 1. The molecule has 0 aliphatic rings. The molecular weight excluding hydrogens is 388 g/mol. The zero-order chi connectivity index (χ0) is 18.4. The zero-order valence-corrected chi connectivity index (χ0v) is 15.3. The van der Waals surface area contributed by atoms with Crippen molar-refractivity contribution in [2.24, 2.45) is 5.10 Å². The highest BCUT2D eigenvalue weighted by Crippen LogP contribution is 2.30. The first kappa shape index (κ1) is 18.7. The van der Waals surface area contributed by atoms with Crippen LogP contribution in [0.4, 0.5) is 0 Å². The summed E-state index contributed by atoms with van der Waals surface area (Å²) in [6.07, 6.45) is 1.43. The van der Waals surface area contributed by atoms with Crippen molar-refractivity contribution >= 4 is 34.0 Å². The van der Waals surface area contributed by atoms with Crippen molar-refractivity contribution in [3.8, 4) is 5.75 Å². The van der Waals surface area contributed by atoms with Gasteiger partial charge >= 0.3 is 5.97 Å². The van der Waals surface area contributed by atoms with E-state index in [1.54, 1.807) is 12.1 Å². The molecule has 1 amide bonds. The van der Waals surface area contributed by atoms with Crippen LogP contribution in [0.15, 0.2) is 46.0 Å². The van der Waals surface area contributed by atoms with Gasteiger partial charge in [0.15, 0.2) is 6.61 Å². The van der Waals surface area contributed by atoms with E-state index in [1.807, 2.05) is 26.0 Å². The highest BCUT2D eigenvalue weighted by Gasteiger charge is 2.09. The molecule has 2 aromatic carbocycles. The van der Waals surface area contributed by atoms with E-state index in [2.05, 4.69) is 26.5 Å². The summed E-state index contributed by atoms with van der Waals surface area (Å²) in [5.41, 5.74) is 5.25. The van der Waals surface area contributed by atoms with Gasteiger partial charge in [0, 0.05) is 0 Å². The minimum absolute atomic E-state index is 0.169. The highest BCUT2D eigenvalue weighted by molar-refractivity contribution is 9.10. The van der Waals surface area contributed by atoms with Crippen LogP contribution in [0.2, 0.25) is 0 Å². The molecule has 0 aliphatic carbocycles. The van der Waals surface area contributed by atoms with Crippen LogP contribution in [-0.2, 0) is 4.79 Å². The van der Waals surface area contributed by atoms with Crippen molar-refractivity contribution in [2.75, 3.05) is 6.61 Å². The molecule has 0 unspecified atom stereocenters. The second-order valence-corrected chi connectivity index (χ2v) is 6.26. The number of aryl methyl sites for hydroxylation is 2. The molecule has 2 aromatic rings. The first-order chi connectivity index (χ1) is 11.9. The summed E-state index contributed by atoms with van der Waals surface area (Å²) < 4.78 is 6.32. The predicted molar refractivity (Wildman–Crippen MR) is 98.2 cm³/mol. The number of amides is 1. The predicted octanol–water partition coefficient (Wildman–Crippen LogP) is 3.29. The number of carboxylic acids is 1. The summed E-state index contributed by atoms with van der Waals surface area (Å²) in [5.74, 6) is -0.772. The van der Waals surface area contributed by atoms with Crippen molar-refractivity contribution in [1.82, 2.24) is 5.43 Å². The Hall–Kier alpha value is -2.67. The number of carbonyl (C=O) groups is 2. The van der Waals surface area contributed by atoms with E-state index < -0.39 is 11.9 Å². The molecule has 0 aliphatic heterocycles. The fraction of sp³-hybridized carbons (Fsp3) is 0.167. The highest BCUT2D eigenvalue weighted by atomic mass is 79.9. The first-order valence-electron chi connectivity index (χ1n) is 7.41. The fourth-order valence-corrected chi connectivity index (χ4v) is 2.93. The summed E-state index contributed by atoms with van der Waals surface area (Å²) in [4.78, 5) is 22.6. The lowest BCUT2D eigenvalue weighted by Gasteiger charge is -2.11. The van der Waals surface area contributed by atoms with Crippen LogP contribution in [0.5, 0.6) is 5.75 Å². The second-order valence-electron chi connectivity index (χ2n) is 5.40. The molecular formula is C18H17BrN2O4. The van der Waals surface area contributed by atoms with Gasteiger partial charge in [0.2, 0.25) is 0 Å². The van der Waals surface area contributed by atoms with Gasteiger partial charge in [-0.15, -0.1) is 0 Å². The van der Waals surface area contributed by atoms with Gasteiger partial charge in [-0.3, -0.25) is 4.79 Å². The molecule has 0 atom stereocenters. The van der Waals surface area contributed by atoms with Gasteiger partial charge in [0.1, 0.15) is 5.75 Å². The molecule has 130 valence electrons. The topological polar surface area (TPSA) is 88.0 Å². The van der Waals surface area contributed by atoms with Crippen molar-refractivity contribution < 1.29 is 19.4 Å². The Balaban J connectivity index is 1.87. The van der Waals surface area contributed by atoms with Gasteiger partial charge in [0.25, 0.3) is 5.91 Å². The summed E-state index contributed by atoms with van der Waals surface area (Å²) in [5, 5.41) is 12.6. The molecule has 0 aromatic heterocycles. The molecule has 0 saturated carbocycles. The van der Waals surface area contributed by atoms with E-state index in [0.29, 0.717) is 11.3 Å². The quantitative estimate of drug-likeness (QED) is 0.570. The lowest BCUT2D eigenvalue weighted by atomic mass is 10.1. The van der Waals surface area contributed by atoms with Gasteiger partial charge in [-0.25, -0.2) is 10.2 Å². The van der Waals surface area contributed by atoms with E-state index in [1.165, 1.54) is 18.3 Å². The third kappa shape index (κ3) is 5.42. The third-order valence-corrected chi connectivity index (χ3v) is 3.87. The number of ether oxygens (including phenoxy) is 1. The molecule has 0 saturated heterocycles. The number of hydrogen-bond acceptors (Lipinski definition) is 4. The normalized spacial score (nSPS) is 10.7. The van der Waals surface area contributed by atoms with Crippen molar-refractivity contribution in [3.05, 3.63) is 63.1 Å². The monoisotopic (exact) mass is 404 g/mol. The van der Waals surface area contributed by atoms with Crippen molar-refractivity contribution in [3.63, 3.8) is 0 Å². The van der Waals surface area contributed by atoms with Crippen LogP contribution in [0.25, 0.3) is 0 Å². The third-order valence-electron chi connectivity index (χ3n) is 3.28. The van der Waals surface area contributed by atoms with E-state index >= 15 is 0 Å². The van der Waals surface area contributed by atoms with Crippen LogP contribution < -0.4 is 10.2 Å². The summed E-state index contributed by atoms with van der Waals surface area (Å²) >= 11 is 3.42. The molecule has 6 nitrogen and oxygen atoms in total. The van der Waals surface area contributed by atoms with Gasteiger partial charge in [-0.2, -0.15) is 5.10 Å². The van der Waals surface area contributed by atoms with E-state index in [0.717, 1.165) is 15.6 Å². The number of nitrogens with one attached hydrogen (secondary N) is 1. The molecule has 7 heteroatoms. The minimum Gasteiger partial charge on any atom is -0.482 e. The van der Waals surface area contributed by atoms with E-state index in [9.17, 15) is 9.59 Å². The van der Waals surface area contributed by atoms with Gasteiger partial charge in [-0.1, -0.05) is 18.2 Å². The maximum absolute atomic E-state index is 11.8. The van der Waals surface area contributed by atoms with Crippen molar-refractivity contribution in [2.45, 2.75) is 13.8 Å². The molecule has 0 bridgehead atoms. The summed E-state index contributed by atoms with van der Waals surface area (Å²) in [6, 6.07) is 10.0. The Morgan fingerprint density at radius 1 is 1.24 bits per heavy atom. The fourth-order valence-electron chi connectivity index (χ4n) is 2.15. The van der Waals surface area contributed by atoms with Crippen LogP contribution >= 0.6 is 15.9 Å². The number of carbonyl (C=O) groups excluding carboxylic acids is 1. The van der Waals surface area contributed by atoms with Gasteiger partial charge < -0.3 is 9.84 Å². The minimum atomic E-state index is -0.994. The molecule has 0 fully saturated rings. The van der Waals surface area contributed by atoms with E-state index in [4.69, 9.17) is 9.84 Å². The van der Waals surface area contributed by atoms with Gasteiger partial charge in [-0.05, 0) is 64.7 Å². The second kappa shape index (κ2) is 8.43. The first-order valence-corrected chi connectivity index (χ1v) is 8.21. The van der Waals surface area contributed by atoms with Gasteiger partial charge in [0.05, 0.1) is 16.3 Å². The molecule has 0 heterocycles. The maximum Gasteiger partial charge on any atom is 0.335 e. The van der Waals surface area contributed by atoms with Crippen LogP contribution in [-0.4, -0.2) is 29.8 Å². The SMILES string of the molecule is Cc1cc(C)c(OCC(=O)N/N=C/c2ccc(C(=O)O)cc2)c(Br)c1. The smallest absolute Gasteiger partial charge is 0.335 e. The van der Waals surface area contributed by atoms with Crippen LogP contribution in [0, 0.1) is 13.8 Å². The number of hydrogen-bond donors (Lipinski definition) is 2. The Morgan fingerprint density at radius 3 is 2.52 bits per heavy atom. The molecule has 25 heavy (non-hydrogen) atoms. The van der Waals surface area contributed by atoms with Crippen LogP contribution in [0.1, 0.15) is 27.0 Å². The largest absolute Gasteiger partial charge is 0.482 e. The average molecular weight is 405 g/mol. The Bertz CT molecular complexity index is 793. The number of rotatable bonds is 6. The van der Waals surface area contributed by atoms with Crippen LogP contribution in [0.3, 0.4) is 0 Å². The Labute approximate surface area is 153 Å². The number of halogens is 1. The molecule has 0 spiro atoms. The lowest BCUT2D eigenvalue weighted by Crippen LogP contribution is -2.24. The maximum atomic E-state index is 11.8. The molecule has 2 rings (SSSR count). The standard InChI is InChI=1S/C18H17BrN2O4/c1-11-7-12(2)17(15(19)8-11)25-10-16(22)21-20-9-13-3-5-14(6-4-13)18(23)24/h3-9H,10H2,1-2H3,(H,21,22)(H,23,24)/b20-9+. The zero-order valence-electron chi connectivity index (χ0n) is 13.7. The summed E-state index contributed by atoms with van der Waals surface area (Å²) in [6.45, 7) is 3.72. The number of aromatic carboxylic acids is 1. The van der Waals surface area contributed by atoms with E-state index in [-0.39, 0.29) is 12.2 Å². The summed E-state index contributed by atoms with van der Waals surface area (Å²) in [7, 11) is 0. The average Bonchev–Trinajstić information content (AvgIpc) is 2.54. The lowest BCUT2D eigenvalue weighted by molar-refractivity contribution is -0.123. The Kier molecular flexibility index (Phi) is 6.30. The molecule has 2 N–H and O–H groups in total. The number of hydrazone groups is 1. The number of nitrogens with zero attached hydrogens (tertiary/aromatic N) is 1. The van der Waals surface area contributed by atoms with Crippen molar-refractivity contribution in [1.29, 1.82) is 0 Å².